The van der Waals surface area contributed by atoms with E-state index >= 15 is 0 Å². The number of hydrogen-bond acceptors (Lipinski definition) is 6. The summed E-state index contributed by atoms with van der Waals surface area (Å²) in [5.41, 5.74) is 2.17. The van der Waals surface area contributed by atoms with Crippen LogP contribution in [-0.4, -0.2) is 45.1 Å². The smallest absolute Gasteiger partial charge is 0.232 e. The van der Waals surface area contributed by atoms with Crippen LogP contribution < -0.4 is 9.80 Å². The van der Waals surface area contributed by atoms with Crippen molar-refractivity contribution in [3.8, 4) is 6.07 Å². The number of rotatable bonds is 4. The first-order valence-electron chi connectivity index (χ1n) is 10.3. The number of carbonyl (C=O) groups excluding carboxylic acids is 1. The van der Waals surface area contributed by atoms with Crippen LogP contribution >= 0.6 is 0 Å². The molecule has 1 amide bonds. The van der Waals surface area contributed by atoms with Gasteiger partial charge in [0.1, 0.15) is 23.3 Å². The predicted octanol–water partition coefficient (Wildman–Crippen LogP) is 2.54. The average Bonchev–Trinajstić information content (AvgIpc) is 3.22. The molecule has 2 aromatic heterocycles. The molecule has 1 atom stereocenters. The van der Waals surface area contributed by atoms with Crippen LogP contribution in [0.25, 0.3) is 11.0 Å². The summed E-state index contributed by atoms with van der Waals surface area (Å²) in [5, 5.41) is 8.93. The standard InChI is InChI=1S/C22H23N7O/c1-14-24-19(11-20(25-14)29-10-8-15(7-9-23)22(29)30)28-12-16(13-28)21-26-17-5-3-4-6-18(17)27(21)2/h3-6,11,15-16H,7-8,10,12-13H2,1-2H3. The highest BCUT2D eigenvalue weighted by Crippen LogP contribution is 2.34. The van der Waals surface area contributed by atoms with Gasteiger partial charge in [-0.15, -0.1) is 0 Å². The molecule has 8 heteroatoms. The van der Waals surface area contributed by atoms with E-state index in [1.165, 1.54) is 0 Å². The fourth-order valence-corrected chi connectivity index (χ4v) is 4.46. The summed E-state index contributed by atoms with van der Waals surface area (Å²) in [6, 6.07) is 12.2. The molecule has 30 heavy (non-hydrogen) atoms. The van der Waals surface area contributed by atoms with E-state index in [9.17, 15) is 4.79 Å². The lowest BCUT2D eigenvalue weighted by molar-refractivity contribution is -0.120. The number of para-hydroxylation sites is 2. The van der Waals surface area contributed by atoms with E-state index in [0.29, 0.717) is 30.5 Å². The molecule has 0 radical (unpaired) electrons. The van der Waals surface area contributed by atoms with Gasteiger partial charge in [0.25, 0.3) is 0 Å². The monoisotopic (exact) mass is 401 g/mol. The van der Waals surface area contributed by atoms with E-state index in [-0.39, 0.29) is 18.2 Å². The maximum Gasteiger partial charge on any atom is 0.232 e. The molecule has 2 aliphatic rings. The summed E-state index contributed by atoms with van der Waals surface area (Å²) in [5.74, 6) is 3.31. The second-order valence-corrected chi connectivity index (χ2v) is 8.09. The van der Waals surface area contributed by atoms with Crippen molar-refractivity contribution in [2.45, 2.75) is 25.7 Å². The molecule has 0 N–H and O–H groups in total. The van der Waals surface area contributed by atoms with E-state index in [2.05, 4.69) is 38.6 Å². The molecule has 0 saturated carbocycles. The zero-order chi connectivity index (χ0) is 20.8. The third-order valence-electron chi connectivity index (χ3n) is 6.13. The number of amides is 1. The fraction of sp³-hybridized carbons (Fsp3) is 0.409. The van der Waals surface area contributed by atoms with Gasteiger partial charge in [0.05, 0.1) is 28.9 Å². The second-order valence-electron chi connectivity index (χ2n) is 8.09. The molecule has 1 aromatic carbocycles. The lowest BCUT2D eigenvalue weighted by Crippen LogP contribution is -2.46. The van der Waals surface area contributed by atoms with Crippen molar-refractivity contribution in [2.75, 3.05) is 29.4 Å². The van der Waals surface area contributed by atoms with Crippen LogP contribution in [0.2, 0.25) is 0 Å². The number of aromatic nitrogens is 4. The molecule has 152 valence electrons. The van der Waals surface area contributed by atoms with Gasteiger partial charge in [-0.2, -0.15) is 5.26 Å². The Morgan fingerprint density at radius 3 is 2.70 bits per heavy atom. The number of nitrogens with zero attached hydrogens (tertiary/aromatic N) is 7. The number of carbonyl (C=O) groups is 1. The van der Waals surface area contributed by atoms with Gasteiger partial charge in [-0.3, -0.25) is 9.69 Å². The Morgan fingerprint density at radius 1 is 1.17 bits per heavy atom. The molecule has 5 rings (SSSR count). The molecule has 0 spiro atoms. The van der Waals surface area contributed by atoms with Crippen molar-refractivity contribution in [1.82, 2.24) is 19.5 Å². The summed E-state index contributed by atoms with van der Waals surface area (Å²) in [4.78, 5) is 30.4. The zero-order valence-corrected chi connectivity index (χ0v) is 17.1. The number of benzene rings is 1. The highest BCUT2D eigenvalue weighted by Gasteiger charge is 2.36. The molecule has 0 bridgehead atoms. The summed E-state index contributed by atoms with van der Waals surface area (Å²) >= 11 is 0. The summed E-state index contributed by atoms with van der Waals surface area (Å²) in [6.07, 6.45) is 0.960. The van der Waals surface area contributed by atoms with Crippen LogP contribution in [-0.2, 0) is 11.8 Å². The molecule has 0 aliphatic carbocycles. The van der Waals surface area contributed by atoms with Gasteiger partial charge >= 0.3 is 0 Å². The number of anilines is 2. The van der Waals surface area contributed by atoms with Crippen LogP contribution in [0.15, 0.2) is 30.3 Å². The van der Waals surface area contributed by atoms with Crippen molar-refractivity contribution in [2.24, 2.45) is 13.0 Å². The SMILES string of the molecule is Cc1nc(N2CC(c3nc4ccccc4n3C)C2)cc(N2CCC(CC#N)C2=O)n1. The summed E-state index contributed by atoms with van der Waals surface area (Å²) < 4.78 is 2.17. The lowest BCUT2D eigenvalue weighted by atomic mass is 9.99. The van der Waals surface area contributed by atoms with Crippen LogP contribution in [0, 0.1) is 24.2 Å². The number of nitriles is 1. The van der Waals surface area contributed by atoms with E-state index in [1.807, 2.05) is 31.2 Å². The molecule has 8 nitrogen and oxygen atoms in total. The van der Waals surface area contributed by atoms with Gasteiger partial charge in [0.15, 0.2) is 0 Å². The van der Waals surface area contributed by atoms with Crippen molar-refractivity contribution < 1.29 is 4.79 Å². The van der Waals surface area contributed by atoms with E-state index < -0.39 is 0 Å². The first kappa shape index (κ1) is 18.6. The topological polar surface area (TPSA) is 90.9 Å². The molecule has 1 unspecified atom stereocenters. The Labute approximate surface area is 174 Å². The van der Waals surface area contributed by atoms with Crippen molar-refractivity contribution in [1.29, 1.82) is 5.26 Å². The van der Waals surface area contributed by atoms with E-state index in [4.69, 9.17) is 10.2 Å². The number of aryl methyl sites for hydroxylation is 2. The maximum atomic E-state index is 12.6. The van der Waals surface area contributed by atoms with Gasteiger partial charge < -0.3 is 9.47 Å². The van der Waals surface area contributed by atoms with Crippen molar-refractivity contribution in [3.05, 3.63) is 42.0 Å². The average molecular weight is 401 g/mol. The van der Waals surface area contributed by atoms with Crippen LogP contribution in [0.5, 0.6) is 0 Å². The van der Waals surface area contributed by atoms with Crippen molar-refractivity contribution in [3.63, 3.8) is 0 Å². The molecule has 2 fully saturated rings. The zero-order valence-electron chi connectivity index (χ0n) is 17.1. The Bertz CT molecular complexity index is 1170. The lowest BCUT2D eigenvalue weighted by Gasteiger charge is -2.40. The van der Waals surface area contributed by atoms with Crippen LogP contribution in [0.4, 0.5) is 11.6 Å². The minimum atomic E-state index is -0.223. The van der Waals surface area contributed by atoms with E-state index in [1.54, 1.807) is 4.90 Å². The molecule has 3 aromatic rings. The molecule has 4 heterocycles. The minimum Gasteiger partial charge on any atom is -0.355 e. The van der Waals surface area contributed by atoms with Crippen molar-refractivity contribution >= 4 is 28.6 Å². The Hall–Kier alpha value is -3.47. The Kier molecular flexibility index (Phi) is 4.39. The highest BCUT2D eigenvalue weighted by molar-refractivity contribution is 5.96. The number of imidazole rings is 1. The Morgan fingerprint density at radius 2 is 1.93 bits per heavy atom. The van der Waals surface area contributed by atoms with E-state index in [0.717, 1.165) is 35.8 Å². The number of fused-ring (bicyclic) bond motifs is 1. The fourth-order valence-electron chi connectivity index (χ4n) is 4.46. The third kappa shape index (κ3) is 2.98. The first-order chi connectivity index (χ1) is 14.5. The van der Waals surface area contributed by atoms with Gasteiger partial charge in [-0.25, -0.2) is 15.0 Å². The maximum absolute atomic E-state index is 12.6. The molecule has 2 saturated heterocycles. The molecular weight excluding hydrogens is 378 g/mol. The molecular formula is C22H23N7O. The van der Waals surface area contributed by atoms with Gasteiger partial charge in [-0.1, -0.05) is 12.1 Å². The molecule has 2 aliphatic heterocycles. The van der Waals surface area contributed by atoms with Gasteiger partial charge in [0.2, 0.25) is 5.91 Å². The quantitative estimate of drug-likeness (QED) is 0.667. The minimum absolute atomic E-state index is 0.0122. The summed E-state index contributed by atoms with van der Waals surface area (Å²) in [6.45, 7) is 4.11. The van der Waals surface area contributed by atoms with Gasteiger partial charge in [0, 0.05) is 39.2 Å². The Balaban J connectivity index is 1.35. The largest absolute Gasteiger partial charge is 0.355 e. The number of hydrogen-bond donors (Lipinski definition) is 0. The van der Waals surface area contributed by atoms with Crippen LogP contribution in [0.3, 0.4) is 0 Å². The third-order valence-corrected chi connectivity index (χ3v) is 6.13. The van der Waals surface area contributed by atoms with Gasteiger partial charge in [-0.05, 0) is 25.5 Å². The highest BCUT2D eigenvalue weighted by atomic mass is 16.2. The van der Waals surface area contributed by atoms with Crippen LogP contribution in [0.1, 0.15) is 30.4 Å². The second kappa shape index (κ2) is 7.10. The predicted molar refractivity (Wildman–Crippen MR) is 113 cm³/mol. The normalized spacial score (nSPS) is 19.4. The first-order valence-corrected chi connectivity index (χ1v) is 10.3. The summed E-state index contributed by atoms with van der Waals surface area (Å²) in [7, 11) is 2.07.